The summed E-state index contributed by atoms with van der Waals surface area (Å²) in [6, 6.07) is 6.73. The zero-order valence-electron chi connectivity index (χ0n) is 11.6. The van der Waals surface area contributed by atoms with Gasteiger partial charge in [0.05, 0.1) is 11.6 Å². The van der Waals surface area contributed by atoms with E-state index >= 15 is 0 Å². The molecule has 0 radical (unpaired) electrons. The molecular weight excluding hydrogens is 244 g/mol. The molecule has 0 aromatic carbocycles. The van der Waals surface area contributed by atoms with Gasteiger partial charge in [0.1, 0.15) is 5.82 Å². The van der Waals surface area contributed by atoms with Crippen molar-refractivity contribution >= 4 is 17.4 Å². The molecule has 18 heavy (non-hydrogen) atoms. The summed E-state index contributed by atoms with van der Waals surface area (Å²) < 4.78 is 0. The van der Waals surface area contributed by atoms with Crippen LogP contribution in [0.25, 0.3) is 0 Å². The van der Waals surface area contributed by atoms with Gasteiger partial charge in [0.25, 0.3) is 0 Å². The Hall–Kier alpha value is -0.760. The van der Waals surface area contributed by atoms with Crippen molar-refractivity contribution in [3.8, 4) is 0 Å². The van der Waals surface area contributed by atoms with E-state index in [1.807, 2.05) is 12.1 Å². The molecule has 2 nitrogen and oxygen atoms in total. The molecule has 0 atom stereocenters. The van der Waals surface area contributed by atoms with Crippen molar-refractivity contribution in [3.05, 3.63) is 23.9 Å². The first-order valence-electron chi connectivity index (χ1n) is 6.76. The van der Waals surface area contributed by atoms with Crippen LogP contribution in [0.15, 0.2) is 18.2 Å². The molecule has 3 heteroatoms. The molecule has 0 spiro atoms. The first kappa shape index (κ1) is 13.7. The Morgan fingerprint density at radius 1 is 1.33 bits per heavy atom. The van der Waals surface area contributed by atoms with Crippen LogP contribution in [0.1, 0.15) is 45.2 Å². The van der Waals surface area contributed by atoms with Gasteiger partial charge >= 0.3 is 0 Å². The van der Waals surface area contributed by atoms with Crippen LogP contribution in [0.4, 0.5) is 5.82 Å². The van der Waals surface area contributed by atoms with Gasteiger partial charge in [0.15, 0.2) is 0 Å². The lowest BCUT2D eigenvalue weighted by Crippen LogP contribution is -2.37. The number of halogens is 1. The maximum Gasteiger partial charge on any atom is 0.128 e. The van der Waals surface area contributed by atoms with Crippen LogP contribution in [-0.2, 0) is 5.88 Å². The van der Waals surface area contributed by atoms with E-state index < -0.39 is 0 Å². The molecule has 0 aliphatic heterocycles. The topological polar surface area (TPSA) is 16.1 Å². The molecule has 0 N–H and O–H groups in total. The second-order valence-corrected chi connectivity index (χ2v) is 6.39. The third-order valence-corrected chi connectivity index (χ3v) is 4.42. The molecule has 2 rings (SSSR count). The number of nitrogens with zero attached hydrogens (tertiary/aromatic N) is 2. The highest BCUT2D eigenvalue weighted by Crippen LogP contribution is 2.37. The van der Waals surface area contributed by atoms with Gasteiger partial charge in [-0.1, -0.05) is 19.9 Å². The third-order valence-electron chi connectivity index (χ3n) is 4.15. The summed E-state index contributed by atoms with van der Waals surface area (Å²) in [7, 11) is 2.16. The fourth-order valence-electron chi connectivity index (χ4n) is 2.70. The van der Waals surface area contributed by atoms with E-state index in [4.69, 9.17) is 11.6 Å². The molecule has 0 unspecified atom stereocenters. The first-order valence-corrected chi connectivity index (χ1v) is 7.30. The van der Waals surface area contributed by atoms with E-state index in [1.165, 1.54) is 25.7 Å². The maximum absolute atomic E-state index is 5.85. The Morgan fingerprint density at radius 3 is 2.61 bits per heavy atom. The quantitative estimate of drug-likeness (QED) is 0.762. The fraction of sp³-hybridized carbons (Fsp3) is 0.667. The molecule has 1 aromatic rings. The van der Waals surface area contributed by atoms with Crippen molar-refractivity contribution in [2.45, 2.75) is 51.5 Å². The van der Waals surface area contributed by atoms with Crippen molar-refractivity contribution in [2.24, 2.45) is 5.41 Å². The number of rotatable bonds is 3. The number of aromatic nitrogens is 1. The molecule has 1 saturated carbocycles. The van der Waals surface area contributed by atoms with E-state index in [-0.39, 0.29) is 0 Å². The van der Waals surface area contributed by atoms with Crippen LogP contribution in [0, 0.1) is 5.41 Å². The second kappa shape index (κ2) is 5.48. The minimum absolute atomic E-state index is 0.485. The Morgan fingerprint density at radius 2 is 2.00 bits per heavy atom. The summed E-state index contributed by atoms with van der Waals surface area (Å²) in [6.45, 7) is 4.74. The monoisotopic (exact) mass is 266 g/mol. The third kappa shape index (κ3) is 3.17. The normalized spacial score (nSPS) is 19.8. The SMILES string of the molecule is CN(c1cccc(CCl)n1)C1CCC(C)(C)CC1. The van der Waals surface area contributed by atoms with E-state index in [0.717, 1.165) is 11.5 Å². The predicted molar refractivity (Wildman–Crippen MR) is 78.2 cm³/mol. The highest BCUT2D eigenvalue weighted by Gasteiger charge is 2.29. The minimum atomic E-state index is 0.485. The fourth-order valence-corrected chi connectivity index (χ4v) is 2.85. The molecule has 1 heterocycles. The van der Waals surface area contributed by atoms with Crippen LogP contribution < -0.4 is 4.90 Å². The lowest BCUT2D eigenvalue weighted by atomic mass is 9.75. The van der Waals surface area contributed by atoms with Gasteiger partial charge in [0.2, 0.25) is 0 Å². The molecule has 100 valence electrons. The molecule has 0 saturated heterocycles. The van der Waals surface area contributed by atoms with Crippen molar-refractivity contribution < 1.29 is 0 Å². The number of anilines is 1. The summed E-state index contributed by atoms with van der Waals surface area (Å²) in [5, 5.41) is 0. The molecule has 1 aliphatic rings. The zero-order valence-corrected chi connectivity index (χ0v) is 12.4. The predicted octanol–water partition coefficient (Wildman–Crippen LogP) is 4.23. The molecule has 1 fully saturated rings. The minimum Gasteiger partial charge on any atom is -0.357 e. The van der Waals surface area contributed by atoms with Crippen LogP contribution in [0.3, 0.4) is 0 Å². The molecule has 1 aromatic heterocycles. The van der Waals surface area contributed by atoms with E-state index in [2.05, 4.69) is 36.8 Å². The smallest absolute Gasteiger partial charge is 0.128 e. The average molecular weight is 267 g/mol. The van der Waals surface area contributed by atoms with Crippen LogP contribution in [0.2, 0.25) is 0 Å². The van der Waals surface area contributed by atoms with E-state index in [9.17, 15) is 0 Å². The maximum atomic E-state index is 5.85. The lowest BCUT2D eigenvalue weighted by Gasteiger charge is -2.39. The summed E-state index contributed by atoms with van der Waals surface area (Å²) in [4.78, 5) is 6.92. The van der Waals surface area contributed by atoms with Crippen molar-refractivity contribution in [1.82, 2.24) is 4.98 Å². The van der Waals surface area contributed by atoms with Gasteiger partial charge in [0, 0.05) is 13.1 Å². The molecule has 0 bridgehead atoms. The average Bonchev–Trinajstić information content (AvgIpc) is 2.38. The van der Waals surface area contributed by atoms with Gasteiger partial charge in [-0.3, -0.25) is 0 Å². The van der Waals surface area contributed by atoms with Gasteiger partial charge in [-0.2, -0.15) is 0 Å². The van der Waals surface area contributed by atoms with Gasteiger partial charge < -0.3 is 4.90 Å². The Labute approximate surface area is 115 Å². The summed E-state index contributed by atoms with van der Waals surface area (Å²) in [5.74, 6) is 1.54. The lowest BCUT2D eigenvalue weighted by molar-refractivity contribution is 0.222. The Bertz CT molecular complexity index is 393. The van der Waals surface area contributed by atoms with Crippen LogP contribution in [0.5, 0.6) is 0 Å². The zero-order chi connectivity index (χ0) is 13.2. The van der Waals surface area contributed by atoms with Gasteiger partial charge in [-0.25, -0.2) is 4.98 Å². The highest BCUT2D eigenvalue weighted by atomic mass is 35.5. The number of hydrogen-bond donors (Lipinski definition) is 0. The van der Waals surface area contributed by atoms with Crippen molar-refractivity contribution in [1.29, 1.82) is 0 Å². The summed E-state index contributed by atoms with van der Waals surface area (Å²) in [6.07, 6.45) is 5.13. The van der Waals surface area contributed by atoms with E-state index in [1.54, 1.807) is 0 Å². The van der Waals surface area contributed by atoms with Crippen LogP contribution in [-0.4, -0.2) is 18.1 Å². The molecule has 1 aliphatic carbocycles. The highest BCUT2D eigenvalue weighted by molar-refractivity contribution is 6.16. The van der Waals surface area contributed by atoms with E-state index in [0.29, 0.717) is 17.3 Å². The van der Waals surface area contributed by atoms with Crippen LogP contribution >= 0.6 is 11.6 Å². The summed E-state index contributed by atoms with van der Waals surface area (Å²) >= 11 is 5.85. The van der Waals surface area contributed by atoms with Gasteiger partial charge in [-0.05, 0) is 43.2 Å². The first-order chi connectivity index (χ1) is 8.52. The molecular formula is C15H23ClN2. The Kier molecular flexibility index (Phi) is 4.16. The number of alkyl halides is 1. The Balaban J connectivity index is 2.05. The molecule has 0 amide bonds. The van der Waals surface area contributed by atoms with Gasteiger partial charge in [-0.15, -0.1) is 11.6 Å². The standard InChI is InChI=1S/C15H23ClN2/c1-15(2)9-7-13(8-10-15)18(3)14-6-4-5-12(11-16)17-14/h4-6,13H,7-11H2,1-3H3. The second-order valence-electron chi connectivity index (χ2n) is 6.13. The summed E-state index contributed by atoms with van der Waals surface area (Å²) in [5.41, 5.74) is 1.47. The largest absolute Gasteiger partial charge is 0.357 e. The van der Waals surface area contributed by atoms with Crippen molar-refractivity contribution in [2.75, 3.05) is 11.9 Å². The number of hydrogen-bond acceptors (Lipinski definition) is 2. The van der Waals surface area contributed by atoms with Crippen molar-refractivity contribution in [3.63, 3.8) is 0 Å². The number of pyridine rings is 1.